The van der Waals surface area contributed by atoms with Gasteiger partial charge in [-0.2, -0.15) is 5.10 Å². The Morgan fingerprint density at radius 1 is 1.06 bits per heavy atom. The number of benzene rings is 3. The Labute approximate surface area is 210 Å². The molecule has 0 aliphatic carbocycles. The number of phenols is 1. The number of aromatic hydroxyl groups is 1. The molecule has 12 heteroatoms. The van der Waals surface area contributed by atoms with Crippen molar-refractivity contribution in [2.45, 2.75) is 0 Å². The normalized spacial score (nSPS) is 11.9. The van der Waals surface area contributed by atoms with Crippen molar-refractivity contribution >= 4 is 63.7 Å². The van der Waals surface area contributed by atoms with E-state index in [1.807, 2.05) is 0 Å². The number of phenolic OH excluding ortho intramolecular Hbond substituents is 1. The first-order chi connectivity index (χ1) is 16.2. The molecular formula is C22H12Cl3FN4O3S. The molecule has 0 saturated heterocycles. The second-order valence-electron chi connectivity index (χ2n) is 6.80. The number of nitro groups is 1. The summed E-state index contributed by atoms with van der Waals surface area (Å²) in [7, 11) is 0. The number of thiazole rings is 1. The molecule has 1 heterocycles. The highest BCUT2D eigenvalue weighted by atomic mass is 35.5. The minimum Gasteiger partial charge on any atom is -0.502 e. The third-order valence-electron chi connectivity index (χ3n) is 4.55. The lowest BCUT2D eigenvalue weighted by Gasteiger charge is -2.06. The van der Waals surface area contributed by atoms with E-state index in [1.165, 1.54) is 52.6 Å². The summed E-state index contributed by atoms with van der Waals surface area (Å²) < 4.78 is 14.8. The molecule has 0 aliphatic rings. The van der Waals surface area contributed by atoms with Crippen LogP contribution in [0.4, 0.5) is 15.8 Å². The fraction of sp³-hybridized carbons (Fsp3) is 0. The van der Waals surface area contributed by atoms with Gasteiger partial charge in [0.05, 0.1) is 32.6 Å². The SMILES string of the molecule is O=[N+]([O-])c1cc(Cl)cc(/C=N\n2c(-c3ccc(Cl)c(Cl)c3)csc2=Nc2ccc(F)cc2)c1O. The van der Waals surface area contributed by atoms with Gasteiger partial charge in [-0.15, -0.1) is 11.3 Å². The van der Waals surface area contributed by atoms with E-state index in [0.29, 0.717) is 31.8 Å². The van der Waals surface area contributed by atoms with Gasteiger partial charge in [0.2, 0.25) is 10.6 Å². The maximum Gasteiger partial charge on any atom is 0.312 e. The van der Waals surface area contributed by atoms with Gasteiger partial charge >= 0.3 is 5.69 Å². The first-order valence-corrected chi connectivity index (χ1v) is 11.4. The van der Waals surface area contributed by atoms with Crippen LogP contribution >= 0.6 is 46.1 Å². The van der Waals surface area contributed by atoms with Gasteiger partial charge in [0.25, 0.3) is 0 Å². The Hall–Kier alpha value is -3.24. The van der Waals surface area contributed by atoms with Crippen LogP contribution < -0.4 is 4.80 Å². The van der Waals surface area contributed by atoms with Gasteiger partial charge < -0.3 is 5.11 Å². The molecule has 4 aromatic rings. The van der Waals surface area contributed by atoms with Crippen LogP contribution in [-0.2, 0) is 0 Å². The molecule has 1 aromatic heterocycles. The number of halogens is 4. The van der Waals surface area contributed by atoms with Gasteiger partial charge in [0.1, 0.15) is 5.82 Å². The molecule has 0 saturated carbocycles. The van der Waals surface area contributed by atoms with Crippen LogP contribution in [0.15, 0.2) is 70.1 Å². The number of rotatable bonds is 5. The summed E-state index contributed by atoms with van der Waals surface area (Å²) in [6.07, 6.45) is 1.23. The summed E-state index contributed by atoms with van der Waals surface area (Å²) in [5.74, 6) is -0.979. The van der Waals surface area contributed by atoms with Crippen molar-refractivity contribution in [1.29, 1.82) is 0 Å². The number of nitro benzene ring substituents is 1. The minimum atomic E-state index is -0.743. The number of hydrogen-bond donors (Lipinski definition) is 1. The van der Waals surface area contributed by atoms with Crippen LogP contribution in [0.3, 0.4) is 0 Å². The third kappa shape index (κ3) is 5.13. The van der Waals surface area contributed by atoms with E-state index in [1.54, 1.807) is 23.6 Å². The molecule has 0 bridgehead atoms. The van der Waals surface area contributed by atoms with Gasteiger partial charge in [0.15, 0.2) is 0 Å². The van der Waals surface area contributed by atoms with E-state index < -0.39 is 22.2 Å². The van der Waals surface area contributed by atoms with Crippen LogP contribution in [0.25, 0.3) is 11.3 Å². The Morgan fingerprint density at radius 2 is 1.79 bits per heavy atom. The molecule has 0 unspecified atom stereocenters. The van der Waals surface area contributed by atoms with E-state index in [9.17, 15) is 19.6 Å². The van der Waals surface area contributed by atoms with Crippen molar-refractivity contribution < 1.29 is 14.4 Å². The highest BCUT2D eigenvalue weighted by Gasteiger charge is 2.18. The molecule has 0 amide bonds. The van der Waals surface area contributed by atoms with Crippen LogP contribution in [0.5, 0.6) is 5.75 Å². The predicted octanol–water partition coefficient (Wildman–Crippen LogP) is 7.04. The quantitative estimate of drug-likeness (QED) is 0.168. The lowest BCUT2D eigenvalue weighted by Crippen LogP contribution is -2.11. The lowest BCUT2D eigenvalue weighted by atomic mass is 10.2. The Kier molecular flexibility index (Phi) is 6.99. The summed E-state index contributed by atoms with van der Waals surface area (Å²) in [6, 6.07) is 13.0. The Bertz CT molecular complexity index is 1500. The van der Waals surface area contributed by atoms with E-state index in [2.05, 4.69) is 10.1 Å². The molecule has 34 heavy (non-hydrogen) atoms. The van der Waals surface area contributed by atoms with Gasteiger partial charge in [-0.05, 0) is 42.5 Å². The van der Waals surface area contributed by atoms with Gasteiger partial charge in [-0.25, -0.2) is 14.1 Å². The average molecular weight is 538 g/mol. The number of aromatic nitrogens is 1. The third-order valence-corrected chi connectivity index (χ3v) is 6.32. The topological polar surface area (TPSA) is 93.0 Å². The zero-order valence-electron chi connectivity index (χ0n) is 16.8. The van der Waals surface area contributed by atoms with Gasteiger partial charge in [-0.1, -0.05) is 40.9 Å². The summed E-state index contributed by atoms with van der Waals surface area (Å²) in [4.78, 5) is 15.4. The molecule has 0 atom stereocenters. The van der Waals surface area contributed by atoms with Crippen molar-refractivity contribution in [2.75, 3.05) is 0 Å². The first-order valence-electron chi connectivity index (χ1n) is 9.40. The fourth-order valence-electron chi connectivity index (χ4n) is 2.93. The largest absolute Gasteiger partial charge is 0.502 e. The highest BCUT2D eigenvalue weighted by molar-refractivity contribution is 7.07. The fourth-order valence-corrected chi connectivity index (χ4v) is 4.31. The molecule has 0 fully saturated rings. The summed E-state index contributed by atoms with van der Waals surface area (Å²) in [6.45, 7) is 0. The molecule has 3 aromatic carbocycles. The van der Waals surface area contributed by atoms with E-state index >= 15 is 0 Å². The molecular weight excluding hydrogens is 526 g/mol. The van der Waals surface area contributed by atoms with Gasteiger partial charge in [-0.3, -0.25) is 10.1 Å². The maximum absolute atomic E-state index is 13.3. The van der Waals surface area contributed by atoms with Crippen molar-refractivity contribution in [3.8, 4) is 17.0 Å². The Balaban J connectivity index is 1.89. The summed E-state index contributed by atoms with van der Waals surface area (Å²) in [5, 5.41) is 28.5. The Morgan fingerprint density at radius 3 is 2.47 bits per heavy atom. The van der Waals surface area contributed by atoms with Crippen molar-refractivity contribution in [2.24, 2.45) is 10.1 Å². The van der Waals surface area contributed by atoms with E-state index in [0.717, 1.165) is 6.07 Å². The van der Waals surface area contributed by atoms with E-state index in [-0.39, 0.29) is 10.6 Å². The molecule has 1 N–H and O–H groups in total. The molecule has 0 spiro atoms. The van der Waals surface area contributed by atoms with Crippen molar-refractivity contribution in [3.05, 3.63) is 101 Å². The van der Waals surface area contributed by atoms with Crippen molar-refractivity contribution in [3.63, 3.8) is 0 Å². The molecule has 172 valence electrons. The van der Waals surface area contributed by atoms with Crippen LogP contribution in [0, 0.1) is 15.9 Å². The van der Waals surface area contributed by atoms with E-state index in [4.69, 9.17) is 34.8 Å². The molecule has 7 nitrogen and oxygen atoms in total. The van der Waals surface area contributed by atoms with Crippen LogP contribution in [0.2, 0.25) is 15.1 Å². The maximum atomic E-state index is 13.3. The van der Waals surface area contributed by atoms with Crippen LogP contribution in [-0.4, -0.2) is 20.9 Å². The standard InChI is InChI=1S/C22H12Cl3FN4O3S/c23-14-7-13(21(31)19(9-14)30(32)33)10-27-29-20(12-1-6-17(24)18(25)8-12)11-34-22(29)28-16-4-2-15(26)3-5-16/h1-11,31H/b27-10-,28-22?. The lowest BCUT2D eigenvalue weighted by molar-refractivity contribution is -0.385. The van der Waals surface area contributed by atoms with Gasteiger partial charge in [0, 0.05) is 27.6 Å². The molecule has 0 radical (unpaired) electrons. The average Bonchev–Trinajstić information content (AvgIpc) is 3.19. The molecule has 4 rings (SSSR count). The monoisotopic (exact) mass is 536 g/mol. The highest BCUT2D eigenvalue weighted by Crippen LogP contribution is 2.33. The minimum absolute atomic E-state index is 0.0331. The first kappa shape index (κ1) is 23.9. The second-order valence-corrected chi connectivity index (χ2v) is 8.88. The number of hydrogen-bond acceptors (Lipinski definition) is 6. The zero-order chi connectivity index (χ0) is 24.4. The zero-order valence-corrected chi connectivity index (χ0v) is 19.9. The number of nitrogens with zero attached hydrogens (tertiary/aromatic N) is 4. The smallest absolute Gasteiger partial charge is 0.312 e. The van der Waals surface area contributed by atoms with Crippen molar-refractivity contribution in [1.82, 2.24) is 4.68 Å². The predicted molar refractivity (Wildman–Crippen MR) is 132 cm³/mol. The van der Waals surface area contributed by atoms with Crippen LogP contribution in [0.1, 0.15) is 5.56 Å². The summed E-state index contributed by atoms with van der Waals surface area (Å²) >= 11 is 19.4. The molecule has 0 aliphatic heterocycles. The summed E-state index contributed by atoms with van der Waals surface area (Å²) in [5.41, 5.74) is 1.21. The second kappa shape index (κ2) is 9.94.